The number of fused-ring (bicyclic) bond motifs is 2. The lowest BCUT2D eigenvalue weighted by molar-refractivity contribution is 0.585. The molecule has 51 heavy (non-hydrogen) atoms. The quantitative estimate of drug-likeness (QED) is 0.187. The van der Waals surface area contributed by atoms with Crippen molar-refractivity contribution in [2.24, 2.45) is 0 Å². The Hall–Kier alpha value is -3.42. The molecule has 0 radical (unpaired) electrons. The first kappa shape index (κ1) is 37.3. The van der Waals surface area contributed by atoms with E-state index in [9.17, 15) is 0 Å². The van der Waals surface area contributed by atoms with Crippen LogP contribution in [-0.2, 0) is 31.7 Å². The van der Waals surface area contributed by atoms with Crippen LogP contribution in [-0.4, -0.2) is 8.07 Å². The molecule has 0 aliphatic heterocycles. The summed E-state index contributed by atoms with van der Waals surface area (Å²) in [4.78, 5) is 0. The standard InChI is InChI=1S/C50H64Si/c1-33-29-35-17-19-41(47(9,10)11)31-43(35)49(33,39-25-21-37(22-26-39)45(3,4)5)51(15,16)50(40-27-23-38(24-28-40)46(6,7)8)34(2)30-36-18-20-42(32-44(36)50)48(12,13)14/h17-32H,1-16H3. The Labute approximate surface area is 312 Å². The Morgan fingerprint density at radius 1 is 0.392 bits per heavy atom. The predicted octanol–water partition coefficient (Wildman–Crippen LogP) is 13.8. The summed E-state index contributed by atoms with van der Waals surface area (Å²) in [5.41, 5.74) is 17.4. The molecule has 2 unspecified atom stereocenters. The Balaban J connectivity index is 1.79. The number of allylic oxidation sites excluding steroid dienone is 2. The molecule has 0 fully saturated rings. The van der Waals surface area contributed by atoms with Crippen LogP contribution < -0.4 is 0 Å². The lowest BCUT2D eigenvalue weighted by Gasteiger charge is -2.57. The lowest BCUT2D eigenvalue weighted by atomic mass is 9.79. The van der Waals surface area contributed by atoms with Crippen molar-refractivity contribution in [3.63, 3.8) is 0 Å². The molecule has 0 amide bonds. The van der Waals surface area contributed by atoms with Gasteiger partial charge in [-0.25, -0.2) is 0 Å². The number of rotatable bonds is 4. The van der Waals surface area contributed by atoms with Gasteiger partial charge in [0.2, 0.25) is 0 Å². The van der Waals surface area contributed by atoms with Gasteiger partial charge in [0.15, 0.2) is 0 Å². The van der Waals surface area contributed by atoms with Crippen molar-refractivity contribution < 1.29 is 0 Å². The van der Waals surface area contributed by atoms with Crippen LogP contribution in [0.1, 0.15) is 153 Å². The summed E-state index contributed by atoms with van der Waals surface area (Å²) in [7, 11) is -2.68. The van der Waals surface area contributed by atoms with E-state index >= 15 is 0 Å². The van der Waals surface area contributed by atoms with Crippen LogP contribution in [0.2, 0.25) is 13.1 Å². The van der Waals surface area contributed by atoms with Gasteiger partial charge < -0.3 is 0 Å². The SMILES string of the molecule is CC1=Cc2ccc(C(C)(C)C)cc2C1(c1ccc(C(C)(C)C)cc1)[Si](C)(C)C1(c2ccc(C(C)(C)C)cc2)C(C)=Cc2ccc(C(C)(C)C)cc21. The molecule has 6 rings (SSSR count). The van der Waals surface area contributed by atoms with E-state index in [-0.39, 0.29) is 31.7 Å². The average molecular weight is 693 g/mol. The molecule has 0 aromatic heterocycles. The summed E-state index contributed by atoms with van der Waals surface area (Å²) >= 11 is 0. The Morgan fingerprint density at radius 3 is 0.941 bits per heavy atom. The maximum atomic E-state index is 2.73. The molecule has 0 bridgehead atoms. The largest absolute Gasteiger partial charge is 0.0908 e. The molecule has 2 atom stereocenters. The van der Waals surface area contributed by atoms with E-state index in [0.717, 1.165) is 0 Å². The minimum Gasteiger partial charge on any atom is -0.0668 e. The zero-order valence-corrected chi connectivity index (χ0v) is 35.7. The third kappa shape index (κ3) is 5.60. The van der Waals surface area contributed by atoms with Gasteiger partial charge in [0.1, 0.15) is 0 Å². The summed E-state index contributed by atoms with van der Waals surface area (Å²) in [5.74, 6) is 0. The molecule has 4 aromatic rings. The van der Waals surface area contributed by atoms with E-state index in [2.05, 4.69) is 207 Å². The maximum Gasteiger partial charge on any atom is 0.0908 e. The molecule has 2 aliphatic rings. The minimum atomic E-state index is -2.68. The molecule has 0 N–H and O–H groups in total. The van der Waals surface area contributed by atoms with Crippen molar-refractivity contribution in [2.45, 2.75) is 142 Å². The number of hydrogen-bond donors (Lipinski definition) is 0. The van der Waals surface area contributed by atoms with Gasteiger partial charge >= 0.3 is 0 Å². The van der Waals surface area contributed by atoms with Crippen molar-refractivity contribution in [3.8, 4) is 0 Å². The van der Waals surface area contributed by atoms with E-state index < -0.39 is 8.07 Å². The van der Waals surface area contributed by atoms with Gasteiger partial charge in [-0.2, -0.15) is 0 Å². The zero-order valence-electron chi connectivity index (χ0n) is 34.7. The van der Waals surface area contributed by atoms with Gasteiger partial charge in [0, 0.05) is 10.1 Å². The first-order valence-electron chi connectivity index (χ1n) is 19.3. The highest BCUT2D eigenvalue weighted by Crippen LogP contribution is 2.64. The molecule has 2 aliphatic carbocycles. The highest BCUT2D eigenvalue weighted by Gasteiger charge is 2.65. The second-order valence-electron chi connectivity index (χ2n) is 20.5. The lowest BCUT2D eigenvalue weighted by Crippen LogP contribution is -2.66. The van der Waals surface area contributed by atoms with Crippen molar-refractivity contribution in [2.75, 3.05) is 0 Å². The average Bonchev–Trinajstić information content (AvgIpc) is 3.49. The number of benzene rings is 4. The van der Waals surface area contributed by atoms with Crippen LogP contribution in [0.5, 0.6) is 0 Å². The fourth-order valence-electron chi connectivity index (χ4n) is 9.92. The van der Waals surface area contributed by atoms with Gasteiger partial charge in [-0.15, -0.1) is 0 Å². The molecule has 1 heteroatoms. The monoisotopic (exact) mass is 692 g/mol. The van der Waals surface area contributed by atoms with E-state index in [0.29, 0.717) is 0 Å². The molecular weight excluding hydrogens is 629 g/mol. The molecular formula is C50H64Si. The fraction of sp³-hybridized carbons (Fsp3) is 0.440. The molecule has 0 nitrogen and oxygen atoms in total. The summed E-state index contributed by atoms with van der Waals surface area (Å²) < 4.78 is 0. The Morgan fingerprint density at radius 2 is 0.667 bits per heavy atom. The Kier molecular flexibility index (Phi) is 8.63. The Bertz CT molecular complexity index is 1890. The van der Waals surface area contributed by atoms with Crippen LogP contribution >= 0.6 is 0 Å². The summed E-state index contributed by atoms with van der Waals surface area (Å²) in [6.07, 6.45) is 5.07. The summed E-state index contributed by atoms with van der Waals surface area (Å²) in [5, 5.41) is -0.561. The van der Waals surface area contributed by atoms with Crippen molar-refractivity contribution in [3.05, 3.63) is 152 Å². The second kappa shape index (κ2) is 11.8. The molecule has 0 saturated heterocycles. The van der Waals surface area contributed by atoms with E-state index in [4.69, 9.17) is 0 Å². The predicted molar refractivity (Wildman–Crippen MR) is 227 cm³/mol. The van der Waals surface area contributed by atoms with Gasteiger partial charge in [-0.1, -0.05) is 204 Å². The minimum absolute atomic E-state index is 0.0386. The molecule has 268 valence electrons. The second-order valence-corrected chi connectivity index (χ2v) is 25.3. The van der Waals surface area contributed by atoms with E-state index in [1.54, 1.807) is 0 Å². The fourth-order valence-corrected chi connectivity index (χ4v) is 16.2. The van der Waals surface area contributed by atoms with Crippen LogP contribution in [0, 0.1) is 0 Å². The molecule has 0 spiro atoms. The van der Waals surface area contributed by atoms with Crippen LogP contribution in [0.4, 0.5) is 0 Å². The number of hydrogen-bond acceptors (Lipinski definition) is 0. The molecule has 4 aromatic carbocycles. The van der Waals surface area contributed by atoms with E-state index in [1.807, 2.05) is 0 Å². The highest BCUT2D eigenvalue weighted by atomic mass is 28.3. The smallest absolute Gasteiger partial charge is 0.0668 e. The van der Waals surface area contributed by atoms with Crippen LogP contribution in [0.25, 0.3) is 12.2 Å². The third-order valence-electron chi connectivity index (χ3n) is 12.8. The molecule has 0 heterocycles. The third-order valence-corrected chi connectivity index (χ3v) is 18.5. The summed E-state index contributed by atoms with van der Waals surface area (Å²) in [6.45, 7) is 38.5. The first-order chi connectivity index (χ1) is 23.4. The summed E-state index contributed by atoms with van der Waals surface area (Å²) in [6, 6.07) is 34.5. The van der Waals surface area contributed by atoms with Gasteiger partial charge in [-0.05, 0) is 91.1 Å². The van der Waals surface area contributed by atoms with Gasteiger partial charge in [-0.3, -0.25) is 0 Å². The van der Waals surface area contributed by atoms with E-state index in [1.165, 1.54) is 66.8 Å². The normalized spacial score (nSPS) is 20.9. The van der Waals surface area contributed by atoms with Crippen molar-refractivity contribution in [1.82, 2.24) is 0 Å². The van der Waals surface area contributed by atoms with Crippen molar-refractivity contribution in [1.29, 1.82) is 0 Å². The molecule has 0 saturated carbocycles. The highest BCUT2D eigenvalue weighted by molar-refractivity contribution is 6.86. The first-order valence-corrected chi connectivity index (χ1v) is 22.3. The van der Waals surface area contributed by atoms with Crippen molar-refractivity contribution >= 4 is 20.2 Å². The van der Waals surface area contributed by atoms with Crippen LogP contribution in [0.3, 0.4) is 0 Å². The maximum absolute atomic E-state index is 2.73. The van der Waals surface area contributed by atoms with Crippen LogP contribution in [0.15, 0.2) is 96.1 Å². The topological polar surface area (TPSA) is 0 Å². The van der Waals surface area contributed by atoms with Gasteiger partial charge in [0.25, 0.3) is 0 Å². The van der Waals surface area contributed by atoms with Gasteiger partial charge in [0.05, 0.1) is 8.07 Å². The zero-order chi connectivity index (χ0) is 37.7.